The topological polar surface area (TPSA) is 0 Å². The van der Waals surface area contributed by atoms with Crippen LogP contribution in [0.3, 0.4) is 0 Å². The number of hydrogen-bond donors (Lipinski definition) is 0. The molecule has 0 fully saturated rings. The van der Waals surface area contributed by atoms with E-state index in [4.69, 9.17) is 0 Å². The zero-order valence-electron chi connectivity index (χ0n) is 11.2. The van der Waals surface area contributed by atoms with Crippen LogP contribution in [-0.4, -0.2) is 5.16 Å². The van der Waals surface area contributed by atoms with Crippen LogP contribution in [-0.2, 0) is 0 Å². The average molecular weight is 246 g/mol. The molecule has 0 bridgehead atoms. The van der Waals surface area contributed by atoms with Crippen LogP contribution in [0.2, 0.25) is 0 Å². The van der Waals surface area contributed by atoms with Gasteiger partial charge in [-0.05, 0) is 49.4 Å². The molecule has 0 saturated heterocycles. The van der Waals surface area contributed by atoms with Crippen LogP contribution in [0.1, 0.15) is 46.5 Å². The van der Waals surface area contributed by atoms with Crippen LogP contribution in [0.25, 0.3) is 0 Å². The van der Waals surface area contributed by atoms with Gasteiger partial charge in [0.05, 0.1) is 0 Å². The predicted molar refractivity (Wildman–Crippen MR) is 79.3 cm³/mol. The van der Waals surface area contributed by atoms with E-state index >= 15 is 0 Å². The smallest absolute Gasteiger partial charge is 0.0102 e. The van der Waals surface area contributed by atoms with Crippen molar-refractivity contribution in [3.8, 4) is 0 Å². The first-order valence-corrected chi connectivity index (χ1v) is 7.97. The molecule has 1 aliphatic carbocycles. The van der Waals surface area contributed by atoms with Crippen LogP contribution >= 0.6 is 7.92 Å². The highest BCUT2D eigenvalue weighted by Crippen LogP contribution is 2.57. The van der Waals surface area contributed by atoms with Gasteiger partial charge in [0.1, 0.15) is 0 Å². The summed E-state index contributed by atoms with van der Waals surface area (Å²) in [4.78, 5) is 0. The number of rotatable bonds is 2. The molecule has 92 valence electrons. The Hall–Kier alpha value is -0.610. The molecule has 17 heavy (non-hydrogen) atoms. The molecule has 0 aliphatic heterocycles. The predicted octanol–water partition coefficient (Wildman–Crippen LogP) is 5.05. The third kappa shape index (κ3) is 3.19. The summed E-state index contributed by atoms with van der Waals surface area (Å²) in [5, 5.41) is 3.65. The molecule has 0 radical (unpaired) electrons. The Kier molecular flexibility index (Phi) is 4.05. The fourth-order valence-corrected chi connectivity index (χ4v) is 5.72. The first kappa shape index (κ1) is 12.8. The maximum atomic E-state index is 2.52. The molecule has 0 heterocycles. The Morgan fingerprint density at radius 1 is 1.00 bits per heavy atom. The minimum absolute atomic E-state index is 0.154. The summed E-state index contributed by atoms with van der Waals surface area (Å²) in [7, 11) is -0.154. The maximum Gasteiger partial charge on any atom is -0.0102 e. The molecule has 0 N–H and O–H groups in total. The highest BCUT2D eigenvalue weighted by atomic mass is 31.1. The Morgan fingerprint density at radius 2 is 1.71 bits per heavy atom. The summed E-state index contributed by atoms with van der Waals surface area (Å²) < 4.78 is 0. The molecular weight excluding hydrogens is 223 g/mol. The van der Waals surface area contributed by atoms with E-state index in [2.05, 4.69) is 57.2 Å². The van der Waals surface area contributed by atoms with Gasteiger partial charge in [-0.3, -0.25) is 0 Å². The van der Waals surface area contributed by atoms with Crippen molar-refractivity contribution in [3.05, 3.63) is 41.7 Å². The molecule has 1 unspecified atom stereocenters. The molecule has 1 heteroatoms. The molecule has 2 rings (SSSR count). The van der Waals surface area contributed by atoms with Crippen molar-refractivity contribution < 1.29 is 0 Å². The largest absolute Gasteiger partial charge is 0.0805 e. The van der Waals surface area contributed by atoms with Crippen LogP contribution in [0, 0.1) is 0 Å². The summed E-state index contributed by atoms with van der Waals surface area (Å²) in [6, 6.07) is 11.1. The second-order valence-electron chi connectivity index (χ2n) is 5.78. The number of allylic oxidation sites excluding steroid dienone is 2. The van der Waals surface area contributed by atoms with Gasteiger partial charge in [0, 0.05) is 0 Å². The van der Waals surface area contributed by atoms with E-state index in [0.717, 1.165) is 0 Å². The molecule has 1 aromatic carbocycles. The van der Waals surface area contributed by atoms with E-state index in [1.165, 1.54) is 25.7 Å². The minimum atomic E-state index is -0.154. The van der Waals surface area contributed by atoms with Crippen molar-refractivity contribution in [2.24, 2.45) is 0 Å². The van der Waals surface area contributed by atoms with E-state index in [-0.39, 0.29) is 7.92 Å². The lowest BCUT2D eigenvalue weighted by Gasteiger charge is -2.35. The SMILES string of the molecule is CC(C)(C)P(C1=CCCCC1)c1ccccc1. The van der Waals surface area contributed by atoms with Gasteiger partial charge in [0.2, 0.25) is 0 Å². The molecule has 0 aromatic heterocycles. The lowest BCUT2D eigenvalue weighted by Crippen LogP contribution is -2.20. The highest BCUT2D eigenvalue weighted by molar-refractivity contribution is 7.71. The van der Waals surface area contributed by atoms with Gasteiger partial charge in [-0.2, -0.15) is 0 Å². The van der Waals surface area contributed by atoms with E-state index in [0.29, 0.717) is 5.16 Å². The van der Waals surface area contributed by atoms with Crippen molar-refractivity contribution in [3.63, 3.8) is 0 Å². The summed E-state index contributed by atoms with van der Waals surface area (Å²) >= 11 is 0. The van der Waals surface area contributed by atoms with Crippen molar-refractivity contribution in [1.29, 1.82) is 0 Å². The first-order chi connectivity index (χ1) is 8.09. The van der Waals surface area contributed by atoms with Gasteiger partial charge in [-0.25, -0.2) is 0 Å². The Labute approximate surface area is 107 Å². The van der Waals surface area contributed by atoms with E-state index in [9.17, 15) is 0 Å². The van der Waals surface area contributed by atoms with E-state index < -0.39 is 0 Å². The quantitative estimate of drug-likeness (QED) is 0.640. The third-order valence-electron chi connectivity index (χ3n) is 3.24. The lowest BCUT2D eigenvalue weighted by atomic mass is 10.1. The number of hydrogen-bond acceptors (Lipinski definition) is 0. The zero-order chi connectivity index (χ0) is 12.3. The van der Waals surface area contributed by atoms with Gasteiger partial charge >= 0.3 is 0 Å². The molecule has 1 atom stereocenters. The Bertz CT molecular complexity index is 384. The van der Waals surface area contributed by atoms with Gasteiger partial charge in [0.15, 0.2) is 0 Å². The summed E-state index contributed by atoms with van der Waals surface area (Å²) in [5.74, 6) is 0. The van der Waals surface area contributed by atoms with E-state index in [1.807, 2.05) is 0 Å². The fourth-order valence-electron chi connectivity index (χ4n) is 2.59. The van der Waals surface area contributed by atoms with Crippen LogP contribution in [0.4, 0.5) is 0 Å². The monoisotopic (exact) mass is 246 g/mol. The van der Waals surface area contributed by atoms with Gasteiger partial charge in [0.25, 0.3) is 0 Å². The molecular formula is C16H23P. The molecule has 1 aromatic rings. The van der Waals surface area contributed by atoms with Crippen molar-refractivity contribution in [1.82, 2.24) is 0 Å². The highest BCUT2D eigenvalue weighted by Gasteiger charge is 2.29. The fraction of sp³-hybridized carbons (Fsp3) is 0.500. The van der Waals surface area contributed by atoms with Crippen molar-refractivity contribution >= 4 is 13.2 Å². The average Bonchev–Trinajstić information content (AvgIpc) is 2.30. The zero-order valence-corrected chi connectivity index (χ0v) is 12.1. The summed E-state index contributed by atoms with van der Waals surface area (Å²) in [6.07, 6.45) is 7.89. The molecule has 0 spiro atoms. The van der Waals surface area contributed by atoms with Crippen LogP contribution < -0.4 is 5.30 Å². The first-order valence-electron chi connectivity index (χ1n) is 6.63. The normalized spacial score (nSPS) is 18.6. The number of benzene rings is 1. The third-order valence-corrected chi connectivity index (χ3v) is 6.38. The van der Waals surface area contributed by atoms with E-state index in [1.54, 1.807) is 10.6 Å². The standard InChI is InChI=1S/C16H23P/c1-16(2,3)17(14-10-6-4-7-11-14)15-12-8-5-9-13-15/h4,6-7,10-12H,5,8-9,13H2,1-3H3. The molecule has 0 amide bonds. The summed E-state index contributed by atoms with van der Waals surface area (Å²) in [5.41, 5.74) is 0. The van der Waals surface area contributed by atoms with Crippen molar-refractivity contribution in [2.45, 2.75) is 51.6 Å². The summed E-state index contributed by atoms with van der Waals surface area (Å²) in [6.45, 7) is 7.17. The minimum Gasteiger partial charge on any atom is -0.0805 e. The molecule has 0 nitrogen and oxygen atoms in total. The van der Waals surface area contributed by atoms with Gasteiger partial charge in [-0.15, -0.1) is 0 Å². The lowest BCUT2D eigenvalue weighted by molar-refractivity contribution is 0.714. The van der Waals surface area contributed by atoms with Crippen LogP contribution in [0.15, 0.2) is 41.7 Å². The molecule has 0 saturated carbocycles. The molecule has 1 aliphatic rings. The maximum absolute atomic E-state index is 2.52. The Morgan fingerprint density at radius 3 is 2.24 bits per heavy atom. The van der Waals surface area contributed by atoms with Crippen LogP contribution in [0.5, 0.6) is 0 Å². The van der Waals surface area contributed by atoms with Crippen molar-refractivity contribution in [2.75, 3.05) is 0 Å². The van der Waals surface area contributed by atoms with Gasteiger partial charge < -0.3 is 0 Å². The Balaban J connectivity index is 2.35. The second-order valence-corrected chi connectivity index (χ2v) is 8.89. The second kappa shape index (κ2) is 5.36. The van der Waals surface area contributed by atoms with Gasteiger partial charge in [-0.1, -0.05) is 57.2 Å².